The van der Waals surface area contributed by atoms with E-state index in [0.29, 0.717) is 12.5 Å². The van der Waals surface area contributed by atoms with Crippen molar-refractivity contribution in [2.45, 2.75) is 26.9 Å². The molecule has 1 aromatic carbocycles. The maximum atomic E-state index is 11.2. The molecule has 0 amide bonds. The highest BCUT2D eigenvalue weighted by Gasteiger charge is 2.19. The van der Waals surface area contributed by atoms with Crippen molar-refractivity contribution in [3.63, 3.8) is 0 Å². The average molecular weight is 218 g/mol. The Morgan fingerprint density at radius 1 is 1.44 bits per heavy atom. The van der Waals surface area contributed by atoms with Gasteiger partial charge in [0.2, 0.25) is 0 Å². The molecule has 0 radical (unpaired) electrons. The molecule has 16 heavy (non-hydrogen) atoms. The molecule has 0 aliphatic carbocycles. The van der Waals surface area contributed by atoms with Crippen LogP contribution in [0.25, 0.3) is 11.0 Å². The SMILES string of the molecule is CCn1c(N)[n+](CC(C)=O)c2ccccc21. The van der Waals surface area contributed by atoms with Crippen LogP contribution in [0.3, 0.4) is 0 Å². The molecule has 1 aromatic heterocycles. The minimum absolute atomic E-state index is 0.107. The third-order valence-corrected chi connectivity index (χ3v) is 2.71. The molecule has 0 spiro atoms. The first kappa shape index (κ1) is 10.7. The van der Waals surface area contributed by atoms with Gasteiger partial charge >= 0.3 is 5.95 Å². The van der Waals surface area contributed by atoms with Gasteiger partial charge in [0.05, 0.1) is 6.54 Å². The number of fused-ring (bicyclic) bond motifs is 1. The molecule has 2 N–H and O–H groups in total. The van der Waals surface area contributed by atoms with Crippen molar-refractivity contribution in [2.24, 2.45) is 0 Å². The monoisotopic (exact) mass is 218 g/mol. The van der Waals surface area contributed by atoms with E-state index in [1.807, 2.05) is 40.3 Å². The molecular formula is C12H16N3O+. The summed E-state index contributed by atoms with van der Waals surface area (Å²) in [5.41, 5.74) is 8.13. The van der Waals surface area contributed by atoms with Crippen LogP contribution in [0.2, 0.25) is 0 Å². The summed E-state index contributed by atoms with van der Waals surface area (Å²) in [4.78, 5) is 11.2. The van der Waals surface area contributed by atoms with Crippen molar-refractivity contribution in [1.29, 1.82) is 0 Å². The lowest BCUT2D eigenvalue weighted by Gasteiger charge is -1.97. The standard InChI is InChI=1S/C12H15N3O/c1-3-14-10-6-4-5-7-11(10)15(12(14)13)8-9(2)16/h4-7,13H,3,8H2,1-2H3/p+1. The lowest BCUT2D eigenvalue weighted by atomic mass is 10.3. The fourth-order valence-corrected chi connectivity index (χ4v) is 2.03. The Morgan fingerprint density at radius 3 is 2.75 bits per heavy atom. The average Bonchev–Trinajstić information content (AvgIpc) is 2.52. The molecule has 4 nitrogen and oxygen atoms in total. The summed E-state index contributed by atoms with van der Waals surface area (Å²) < 4.78 is 3.87. The van der Waals surface area contributed by atoms with Gasteiger partial charge in [-0.3, -0.25) is 10.5 Å². The highest BCUT2D eigenvalue weighted by molar-refractivity contribution is 5.77. The van der Waals surface area contributed by atoms with E-state index in [1.165, 1.54) is 0 Å². The molecule has 1 heterocycles. The van der Waals surface area contributed by atoms with Crippen LogP contribution >= 0.6 is 0 Å². The topological polar surface area (TPSA) is 51.9 Å². The van der Waals surface area contributed by atoms with Crippen molar-refractivity contribution in [3.05, 3.63) is 24.3 Å². The number of para-hydroxylation sites is 2. The highest BCUT2D eigenvalue weighted by Crippen LogP contribution is 2.15. The van der Waals surface area contributed by atoms with Crippen molar-refractivity contribution in [2.75, 3.05) is 5.73 Å². The van der Waals surface area contributed by atoms with Gasteiger partial charge < -0.3 is 0 Å². The van der Waals surface area contributed by atoms with Gasteiger partial charge in [-0.2, -0.15) is 0 Å². The zero-order chi connectivity index (χ0) is 11.7. The lowest BCUT2D eigenvalue weighted by molar-refractivity contribution is -0.644. The van der Waals surface area contributed by atoms with Crippen LogP contribution in [-0.2, 0) is 17.9 Å². The fourth-order valence-electron chi connectivity index (χ4n) is 2.03. The molecule has 2 aromatic rings. The van der Waals surface area contributed by atoms with E-state index in [4.69, 9.17) is 5.73 Å². The van der Waals surface area contributed by atoms with E-state index >= 15 is 0 Å². The lowest BCUT2D eigenvalue weighted by Crippen LogP contribution is -2.39. The number of aromatic nitrogens is 2. The number of imidazole rings is 1. The second kappa shape index (κ2) is 3.96. The highest BCUT2D eigenvalue weighted by atomic mass is 16.1. The number of hydrogen-bond acceptors (Lipinski definition) is 2. The predicted octanol–water partition coefficient (Wildman–Crippen LogP) is 1.12. The van der Waals surface area contributed by atoms with Gasteiger partial charge in [-0.15, -0.1) is 0 Å². The van der Waals surface area contributed by atoms with Gasteiger partial charge in [-0.1, -0.05) is 12.1 Å². The second-order valence-corrected chi connectivity index (χ2v) is 3.88. The number of nitrogens with two attached hydrogens (primary N) is 1. The summed E-state index contributed by atoms with van der Waals surface area (Å²) >= 11 is 0. The van der Waals surface area contributed by atoms with Crippen LogP contribution in [0.4, 0.5) is 5.95 Å². The summed E-state index contributed by atoms with van der Waals surface area (Å²) in [5.74, 6) is 0.745. The predicted molar refractivity (Wildman–Crippen MR) is 62.9 cm³/mol. The quantitative estimate of drug-likeness (QED) is 0.785. The third kappa shape index (κ3) is 1.56. The first-order chi connectivity index (χ1) is 7.65. The summed E-state index contributed by atoms with van der Waals surface area (Å²) in [7, 11) is 0. The molecule has 0 atom stereocenters. The smallest absolute Gasteiger partial charge is 0.296 e. The number of benzene rings is 1. The number of Topliss-reactive ketones (excluding diaryl/α,β-unsaturated/α-hetero) is 1. The number of hydrogen-bond donors (Lipinski definition) is 1. The molecule has 0 unspecified atom stereocenters. The van der Waals surface area contributed by atoms with Gasteiger partial charge in [0.25, 0.3) is 0 Å². The number of aryl methyl sites for hydroxylation is 1. The zero-order valence-electron chi connectivity index (χ0n) is 9.60. The summed E-state index contributed by atoms with van der Waals surface area (Å²) in [6, 6.07) is 7.94. The van der Waals surface area contributed by atoms with E-state index in [-0.39, 0.29) is 5.78 Å². The Bertz CT molecular complexity index is 542. The Morgan fingerprint density at radius 2 is 2.12 bits per heavy atom. The Kier molecular flexibility index (Phi) is 2.64. The van der Waals surface area contributed by atoms with Gasteiger partial charge in [0.15, 0.2) is 5.78 Å². The fraction of sp³-hybridized carbons (Fsp3) is 0.333. The van der Waals surface area contributed by atoms with Gasteiger partial charge in [-0.25, -0.2) is 9.13 Å². The van der Waals surface area contributed by atoms with Crippen LogP contribution in [0.1, 0.15) is 13.8 Å². The summed E-state index contributed by atoms with van der Waals surface area (Å²) in [5, 5.41) is 0. The number of nitrogens with zero attached hydrogens (tertiary/aromatic N) is 2. The van der Waals surface area contributed by atoms with Crippen LogP contribution in [0.15, 0.2) is 24.3 Å². The molecule has 0 bridgehead atoms. The number of carbonyl (C=O) groups is 1. The van der Waals surface area contributed by atoms with Crippen molar-refractivity contribution >= 4 is 22.8 Å². The van der Waals surface area contributed by atoms with Crippen molar-refractivity contribution in [3.8, 4) is 0 Å². The van der Waals surface area contributed by atoms with Crippen molar-refractivity contribution < 1.29 is 9.36 Å². The summed E-state index contributed by atoms with van der Waals surface area (Å²) in [6.07, 6.45) is 0. The normalized spacial score (nSPS) is 10.9. The van der Waals surface area contributed by atoms with E-state index in [2.05, 4.69) is 0 Å². The third-order valence-electron chi connectivity index (χ3n) is 2.71. The number of nitrogen functional groups attached to an aromatic ring is 1. The van der Waals surface area contributed by atoms with E-state index in [1.54, 1.807) is 6.92 Å². The number of carbonyl (C=O) groups excluding carboxylic acids is 1. The largest absolute Gasteiger partial charge is 0.356 e. The maximum Gasteiger partial charge on any atom is 0.356 e. The van der Waals surface area contributed by atoms with Gasteiger partial charge in [0.1, 0.15) is 17.6 Å². The molecule has 0 aliphatic rings. The molecule has 0 fully saturated rings. The summed E-state index contributed by atoms with van der Waals surface area (Å²) in [6.45, 7) is 4.75. The number of rotatable bonds is 3. The van der Waals surface area contributed by atoms with Gasteiger partial charge in [-0.05, 0) is 26.0 Å². The molecular weight excluding hydrogens is 202 g/mol. The van der Waals surface area contributed by atoms with Crippen LogP contribution in [0, 0.1) is 0 Å². The van der Waals surface area contributed by atoms with Crippen LogP contribution in [-0.4, -0.2) is 10.4 Å². The Hall–Kier alpha value is -1.84. The zero-order valence-corrected chi connectivity index (χ0v) is 9.60. The number of anilines is 1. The van der Waals surface area contributed by atoms with E-state index in [9.17, 15) is 4.79 Å². The maximum absolute atomic E-state index is 11.2. The van der Waals surface area contributed by atoms with Crippen LogP contribution in [0.5, 0.6) is 0 Å². The molecule has 0 aliphatic heterocycles. The molecule has 84 valence electrons. The first-order valence-corrected chi connectivity index (χ1v) is 5.41. The molecule has 4 heteroatoms. The molecule has 0 saturated carbocycles. The first-order valence-electron chi connectivity index (χ1n) is 5.41. The molecule has 0 saturated heterocycles. The van der Waals surface area contributed by atoms with E-state index in [0.717, 1.165) is 17.6 Å². The molecule has 2 rings (SSSR count). The minimum atomic E-state index is 0.107. The second-order valence-electron chi connectivity index (χ2n) is 3.88. The number of ketones is 1. The van der Waals surface area contributed by atoms with E-state index < -0.39 is 0 Å². The van der Waals surface area contributed by atoms with Gasteiger partial charge in [0, 0.05) is 0 Å². The van der Waals surface area contributed by atoms with Crippen molar-refractivity contribution in [1.82, 2.24) is 4.57 Å². The Labute approximate surface area is 94.3 Å². The Balaban J connectivity index is 2.71. The van der Waals surface area contributed by atoms with Crippen LogP contribution < -0.4 is 10.3 Å². The minimum Gasteiger partial charge on any atom is -0.296 e.